The van der Waals surface area contributed by atoms with Crippen LogP contribution in [0.1, 0.15) is 24.6 Å². The number of nitrogens with zero attached hydrogens (tertiary/aromatic N) is 2. The fraction of sp³-hybridized carbons (Fsp3) is 0.429. The molecule has 3 rings (SSSR count). The Kier molecular flexibility index (Phi) is 6.71. The van der Waals surface area contributed by atoms with E-state index in [0.29, 0.717) is 32.5 Å². The molecule has 3 amide bonds. The Morgan fingerprint density at radius 2 is 1.86 bits per heavy atom. The van der Waals surface area contributed by atoms with Crippen LogP contribution in [0.2, 0.25) is 0 Å². The predicted octanol–water partition coefficient (Wildman–Crippen LogP) is 2.94. The summed E-state index contributed by atoms with van der Waals surface area (Å²) in [6.45, 7) is 1.64. The Morgan fingerprint density at radius 1 is 1.14 bits per heavy atom. The summed E-state index contributed by atoms with van der Waals surface area (Å²) in [5, 5.41) is 5.94. The zero-order valence-corrected chi connectivity index (χ0v) is 16.4. The van der Waals surface area contributed by atoms with E-state index in [-0.39, 0.29) is 23.9 Å². The summed E-state index contributed by atoms with van der Waals surface area (Å²) in [7, 11) is 3.92. The molecule has 7 nitrogen and oxygen atoms in total. The van der Waals surface area contributed by atoms with Crippen molar-refractivity contribution < 1.29 is 14.0 Å². The number of likely N-dealkylation sites (tertiary alicyclic amines) is 1. The van der Waals surface area contributed by atoms with E-state index in [2.05, 4.69) is 10.6 Å². The number of hydrogen-bond acceptors (Lipinski definition) is 4. The molecule has 1 aliphatic rings. The van der Waals surface area contributed by atoms with Gasteiger partial charge in [-0.2, -0.15) is 0 Å². The third-order valence-electron chi connectivity index (χ3n) is 5.14. The Balaban J connectivity index is 1.45. The van der Waals surface area contributed by atoms with Crippen molar-refractivity contribution in [3.63, 3.8) is 0 Å². The van der Waals surface area contributed by atoms with E-state index in [1.165, 1.54) is 0 Å². The molecular weight excluding hydrogens is 356 g/mol. The Hall–Kier alpha value is -2.80. The average Bonchev–Trinajstić information content (AvgIpc) is 3.23. The number of carbonyl (C=O) groups is 2. The first kappa shape index (κ1) is 19.9. The Bertz CT molecular complexity index is 753. The molecule has 1 aromatic carbocycles. The van der Waals surface area contributed by atoms with Crippen molar-refractivity contribution in [2.24, 2.45) is 5.92 Å². The molecule has 1 aliphatic heterocycles. The summed E-state index contributed by atoms with van der Waals surface area (Å²) < 4.78 is 5.48. The second-order valence-corrected chi connectivity index (χ2v) is 7.30. The van der Waals surface area contributed by atoms with Gasteiger partial charge in [-0.1, -0.05) is 18.2 Å². The molecular formula is C21H28N4O3. The predicted molar refractivity (Wildman–Crippen MR) is 108 cm³/mol. The average molecular weight is 384 g/mol. The normalized spacial score (nSPS) is 16.0. The van der Waals surface area contributed by atoms with Gasteiger partial charge >= 0.3 is 6.03 Å². The lowest BCUT2D eigenvalue weighted by molar-refractivity contribution is -0.126. The topological polar surface area (TPSA) is 77.8 Å². The molecule has 0 spiro atoms. The van der Waals surface area contributed by atoms with Crippen LogP contribution in [-0.2, 0) is 4.79 Å². The van der Waals surface area contributed by atoms with E-state index in [1.54, 1.807) is 11.2 Å². The molecule has 0 saturated carbocycles. The summed E-state index contributed by atoms with van der Waals surface area (Å²) >= 11 is 0. The number of benzene rings is 1. The summed E-state index contributed by atoms with van der Waals surface area (Å²) in [6, 6.07) is 13.0. The molecule has 1 saturated heterocycles. The molecule has 0 radical (unpaired) electrons. The highest BCUT2D eigenvalue weighted by atomic mass is 16.3. The van der Waals surface area contributed by atoms with Crippen LogP contribution in [0.25, 0.3) is 0 Å². The number of urea groups is 1. The second-order valence-electron chi connectivity index (χ2n) is 7.30. The van der Waals surface area contributed by atoms with Crippen molar-refractivity contribution in [3.05, 3.63) is 54.5 Å². The first-order chi connectivity index (χ1) is 13.5. The fourth-order valence-corrected chi connectivity index (χ4v) is 3.43. The Morgan fingerprint density at radius 3 is 2.46 bits per heavy atom. The standard InChI is InChI=1S/C21H28N4O3/c1-24(2)18(19-9-6-14-28-19)15-22-20(26)16-10-12-25(13-11-16)21(27)23-17-7-4-3-5-8-17/h3-9,14,16,18H,10-13,15H2,1-2H3,(H,22,26)(H,23,27). The van der Waals surface area contributed by atoms with Gasteiger partial charge in [-0.25, -0.2) is 4.79 Å². The van der Waals surface area contributed by atoms with Crippen LogP contribution in [0.4, 0.5) is 10.5 Å². The van der Waals surface area contributed by atoms with Crippen LogP contribution >= 0.6 is 0 Å². The van der Waals surface area contributed by atoms with E-state index >= 15 is 0 Å². The third-order valence-corrected chi connectivity index (χ3v) is 5.14. The molecule has 7 heteroatoms. The van der Waals surface area contributed by atoms with Crippen molar-refractivity contribution in [3.8, 4) is 0 Å². The number of anilines is 1. The summed E-state index contributed by atoms with van der Waals surface area (Å²) in [4.78, 5) is 28.7. The SMILES string of the molecule is CN(C)C(CNC(=O)C1CCN(C(=O)Nc2ccccc2)CC1)c1ccco1. The first-order valence-electron chi connectivity index (χ1n) is 9.63. The number of furan rings is 1. The number of rotatable bonds is 6. The highest BCUT2D eigenvalue weighted by molar-refractivity contribution is 5.89. The zero-order chi connectivity index (χ0) is 19.9. The lowest BCUT2D eigenvalue weighted by Gasteiger charge is -2.32. The summed E-state index contributed by atoms with van der Waals surface area (Å²) in [5.41, 5.74) is 0.778. The van der Waals surface area contributed by atoms with Crippen molar-refractivity contribution in [2.45, 2.75) is 18.9 Å². The number of piperidine rings is 1. The highest BCUT2D eigenvalue weighted by Crippen LogP contribution is 2.21. The maximum atomic E-state index is 12.6. The molecule has 1 unspecified atom stereocenters. The van der Waals surface area contributed by atoms with Gasteiger partial charge in [-0.3, -0.25) is 9.69 Å². The Labute approximate surface area is 165 Å². The quantitative estimate of drug-likeness (QED) is 0.803. The number of likely N-dealkylation sites (N-methyl/N-ethyl adjacent to an activating group) is 1. The first-order valence-corrected chi connectivity index (χ1v) is 9.63. The van der Waals surface area contributed by atoms with Gasteiger partial charge in [-0.05, 0) is 51.2 Å². The molecule has 1 atom stereocenters. The molecule has 1 aromatic heterocycles. The van der Waals surface area contributed by atoms with Gasteiger partial charge in [0.1, 0.15) is 5.76 Å². The van der Waals surface area contributed by atoms with Crippen molar-refractivity contribution in [1.82, 2.24) is 15.1 Å². The number of hydrogen-bond donors (Lipinski definition) is 2. The van der Waals surface area contributed by atoms with Crippen LogP contribution in [0, 0.1) is 5.92 Å². The third kappa shape index (κ3) is 5.13. The number of nitrogens with one attached hydrogen (secondary N) is 2. The molecule has 28 heavy (non-hydrogen) atoms. The maximum Gasteiger partial charge on any atom is 0.321 e. The van der Waals surface area contributed by atoms with Gasteiger partial charge in [0.15, 0.2) is 0 Å². The van der Waals surface area contributed by atoms with Crippen LogP contribution in [-0.4, -0.2) is 55.5 Å². The molecule has 1 fully saturated rings. The van der Waals surface area contributed by atoms with Gasteiger partial charge in [0.05, 0.1) is 12.3 Å². The zero-order valence-electron chi connectivity index (χ0n) is 16.4. The minimum atomic E-state index is -0.115. The maximum absolute atomic E-state index is 12.6. The van der Waals surface area contributed by atoms with Gasteiger partial charge in [0, 0.05) is 31.2 Å². The van der Waals surface area contributed by atoms with Gasteiger partial charge in [0.25, 0.3) is 0 Å². The molecule has 2 heterocycles. The van der Waals surface area contributed by atoms with Crippen LogP contribution in [0.3, 0.4) is 0 Å². The number of carbonyl (C=O) groups excluding carboxylic acids is 2. The molecule has 2 aromatic rings. The van der Waals surface area contributed by atoms with Gasteiger partial charge in [0.2, 0.25) is 5.91 Å². The lowest BCUT2D eigenvalue weighted by atomic mass is 9.96. The molecule has 2 N–H and O–H groups in total. The van der Waals surface area contributed by atoms with Gasteiger partial charge in [-0.15, -0.1) is 0 Å². The summed E-state index contributed by atoms with van der Waals surface area (Å²) in [6.07, 6.45) is 2.98. The van der Waals surface area contributed by atoms with Crippen LogP contribution in [0.15, 0.2) is 53.1 Å². The second kappa shape index (κ2) is 9.41. The van der Waals surface area contributed by atoms with Crippen molar-refractivity contribution in [1.29, 1.82) is 0 Å². The van der Waals surface area contributed by atoms with Crippen molar-refractivity contribution in [2.75, 3.05) is 39.0 Å². The van der Waals surface area contributed by atoms with E-state index in [9.17, 15) is 9.59 Å². The fourth-order valence-electron chi connectivity index (χ4n) is 3.43. The minimum absolute atomic E-state index is 0.00399. The highest BCUT2D eigenvalue weighted by Gasteiger charge is 2.28. The van der Waals surface area contributed by atoms with Crippen LogP contribution in [0.5, 0.6) is 0 Å². The van der Waals surface area contributed by atoms with Crippen molar-refractivity contribution >= 4 is 17.6 Å². The van der Waals surface area contributed by atoms with Gasteiger partial charge < -0.3 is 20.0 Å². The summed E-state index contributed by atoms with van der Waals surface area (Å²) in [5.74, 6) is 0.805. The smallest absolute Gasteiger partial charge is 0.321 e. The largest absolute Gasteiger partial charge is 0.468 e. The monoisotopic (exact) mass is 384 g/mol. The molecule has 0 aliphatic carbocycles. The van der Waals surface area contributed by atoms with E-state index in [0.717, 1.165) is 11.4 Å². The lowest BCUT2D eigenvalue weighted by Crippen LogP contribution is -2.45. The number of para-hydroxylation sites is 1. The number of amides is 3. The molecule has 0 bridgehead atoms. The van der Waals surface area contributed by atoms with E-state index in [4.69, 9.17) is 4.42 Å². The van der Waals surface area contributed by atoms with E-state index in [1.807, 2.05) is 61.5 Å². The minimum Gasteiger partial charge on any atom is -0.468 e. The molecule has 150 valence electrons. The van der Waals surface area contributed by atoms with E-state index < -0.39 is 0 Å². The van der Waals surface area contributed by atoms with Crippen LogP contribution < -0.4 is 10.6 Å².